The van der Waals surface area contributed by atoms with Gasteiger partial charge in [0, 0.05) is 25.2 Å². The van der Waals surface area contributed by atoms with Gasteiger partial charge in [0.2, 0.25) is 0 Å². The van der Waals surface area contributed by atoms with Gasteiger partial charge in [-0.15, -0.1) is 0 Å². The average Bonchev–Trinajstić information content (AvgIpc) is 3.02. The van der Waals surface area contributed by atoms with Crippen LogP contribution in [0.1, 0.15) is 43.2 Å². The van der Waals surface area contributed by atoms with Crippen LogP contribution in [0.2, 0.25) is 5.02 Å². The number of benzene rings is 2. The number of carbonyl (C=O) groups excluding carboxylic acids is 1. The summed E-state index contributed by atoms with van der Waals surface area (Å²) < 4.78 is 5.78. The number of halogens is 1. The standard InChI is InChI=1S/C24H24ClN3O4S/c1-26-21(23(29)27(24(26)33)18-5-3-2-4-6-18)14-17-9-12-22(20(25)13-17)32-15-16-7-10-19(11-8-16)28(30)31/h7-14,18H,2-6,15H2,1H3/b21-14-. The molecule has 0 unspecified atom stereocenters. The number of thiocarbonyl (C=S) groups is 1. The number of hydrogen-bond acceptors (Lipinski definition) is 5. The Labute approximate surface area is 202 Å². The molecule has 1 amide bonds. The summed E-state index contributed by atoms with van der Waals surface area (Å²) >= 11 is 12.0. The molecular weight excluding hydrogens is 462 g/mol. The summed E-state index contributed by atoms with van der Waals surface area (Å²) in [5, 5.41) is 11.7. The lowest BCUT2D eigenvalue weighted by atomic mass is 9.94. The molecule has 0 spiro atoms. The zero-order valence-electron chi connectivity index (χ0n) is 18.2. The van der Waals surface area contributed by atoms with Gasteiger partial charge in [-0.05, 0) is 66.5 Å². The van der Waals surface area contributed by atoms with Crippen molar-refractivity contribution in [3.8, 4) is 5.75 Å². The second-order valence-corrected chi connectivity index (χ2v) is 9.01. The lowest BCUT2D eigenvalue weighted by molar-refractivity contribution is -0.384. The molecule has 1 saturated heterocycles. The zero-order chi connectivity index (χ0) is 23.5. The van der Waals surface area contributed by atoms with Crippen molar-refractivity contribution in [3.63, 3.8) is 0 Å². The van der Waals surface area contributed by atoms with Crippen molar-refractivity contribution in [1.82, 2.24) is 9.80 Å². The van der Waals surface area contributed by atoms with Gasteiger partial charge in [-0.3, -0.25) is 19.8 Å². The molecule has 2 aromatic carbocycles. The molecule has 1 saturated carbocycles. The third-order valence-electron chi connectivity index (χ3n) is 6.03. The highest BCUT2D eigenvalue weighted by Crippen LogP contribution is 2.32. The van der Waals surface area contributed by atoms with Gasteiger partial charge in [0.05, 0.1) is 9.95 Å². The maximum atomic E-state index is 13.1. The van der Waals surface area contributed by atoms with E-state index in [9.17, 15) is 14.9 Å². The van der Waals surface area contributed by atoms with E-state index < -0.39 is 4.92 Å². The van der Waals surface area contributed by atoms with Crippen LogP contribution in [0.15, 0.2) is 48.2 Å². The fourth-order valence-corrected chi connectivity index (χ4v) is 4.77. The minimum absolute atomic E-state index is 0.0298. The Morgan fingerprint density at radius 3 is 2.52 bits per heavy atom. The van der Waals surface area contributed by atoms with Crippen LogP contribution >= 0.6 is 23.8 Å². The molecule has 0 N–H and O–H groups in total. The normalized spacial score (nSPS) is 18.3. The van der Waals surface area contributed by atoms with E-state index in [0.29, 0.717) is 21.6 Å². The smallest absolute Gasteiger partial charge is 0.277 e. The van der Waals surface area contributed by atoms with Crippen LogP contribution in [-0.4, -0.2) is 38.8 Å². The van der Waals surface area contributed by atoms with Gasteiger partial charge in [0.1, 0.15) is 18.1 Å². The van der Waals surface area contributed by atoms with Crippen molar-refractivity contribution in [2.24, 2.45) is 0 Å². The van der Waals surface area contributed by atoms with E-state index in [-0.39, 0.29) is 24.2 Å². The van der Waals surface area contributed by atoms with Gasteiger partial charge in [0.25, 0.3) is 11.6 Å². The van der Waals surface area contributed by atoms with Crippen molar-refractivity contribution in [2.45, 2.75) is 44.8 Å². The highest BCUT2D eigenvalue weighted by atomic mass is 35.5. The Bertz CT molecular complexity index is 1110. The van der Waals surface area contributed by atoms with Gasteiger partial charge >= 0.3 is 0 Å². The molecule has 0 bridgehead atoms. The van der Waals surface area contributed by atoms with Crippen molar-refractivity contribution < 1.29 is 14.5 Å². The summed E-state index contributed by atoms with van der Waals surface area (Å²) in [6.07, 6.45) is 7.22. The van der Waals surface area contributed by atoms with Crippen LogP contribution in [0, 0.1) is 10.1 Å². The molecule has 172 valence electrons. The van der Waals surface area contributed by atoms with Crippen molar-refractivity contribution in [2.75, 3.05) is 7.05 Å². The minimum Gasteiger partial charge on any atom is -0.487 e. The summed E-state index contributed by atoms with van der Waals surface area (Å²) in [6.45, 7) is 0.226. The number of ether oxygens (including phenoxy) is 1. The summed E-state index contributed by atoms with van der Waals surface area (Å²) in [7, 11) is 1.82. The molecular formula is C24H24ClN3O4S. The van der Waals surface area contributed by atoms with Crippen LogP contribution in [0.25, 0.3) is 6.08 Å². The van der Waals surface area contributed by atoms with Crippen LogP contribution in [0.5, 0.6) is 5.75 Å². The fraction of sp³-hybridized carbons (Fsp3) is 0.333. The first-order valence-electron chi connectivity index (χ1n) is 10.8. The van der Waals surface area contributed by atoms with E-state index in [2.05, 4.69) is 0 Å². The minimum atomic E-state index is -0.442. The van der Waals surface area contributed by atoms with Gasteiger partial charge in [-0.25, -0.2) is 0 Å². The Morgan fingerprint density at radius 1 is 1.18 bits per heavy atom. The molecule has 1 heterocycles. The van der Waals surface area contributed by atoms with Crippen molar-refractivity contribution in [1.29, 1.82) is 0 Å². The number of nitro groups is 1. The predicted octanol–water partition coefficient (Wildman–Crippen LogP) is 5.56. The number of nitrogens with zero attached hydrogens (tertiary/aromatic N) is 3. The largest absolute Gasteiger partial charge is 0.487 e. The van der Waals surface area contributed by atoms with Crippen LogP contribution < -0.4 is 4.74 Å². The molecule has 1 aliphatic heterocycles. The quantitative estimate of drug-likeness (QED) is 0.231. The molecule has 0 atom stereocenters. The Balaban J connectivity index is 1.46. The van der Waals surface area contributed by atoms with Gasteiger partial charge in [-0.1, -0.05) is 36.9 Å². The number of non-ortho nitro benzene ring substituents is 1. The summed E-state index contributed by atoms with van der Waals surface area (Å²) in [5.74, 6) is 0.423. The van der Waals surface area contributed by atoms with Crippen molar-refractivity contribution in [3.05, 3.63) is 74.4 Å². The Kier molecular flexibility index (Phi) is 6.95. The second kappa shape index (κ2) is 9.89. The summed E-state index contributed by atoms with van der Waals surface area (Å²) in [4.78, 5) is 27.0. The molecule has 7 nitrogen and oxygen atoms in total. The van der Waals surface area contributed by atoms with Crippen LogP contribution in [0.4, 0.5) is 5.69 Å². The number of hydrogen-bond donors (Lipinski definition) is 0. The Morgan fingerprint density at radius 2 is 1.88 bits per heavy atom. The molecule has 2 aliphatic rings. The predicted molar refractivity (Wildman–Crippen MR) is 131 cm³/mol. The van der Waals surface area contributed by atoms with Gasteiger partial charge in [0.15, 0.2) is 5.11 Å². The zero-order valence-corrected chi connectivity index (χ0v) is 19.8. The number of likely N-dealkylation sites (N-methyl/N-ethyl adjacent to an activating group) is 1. The molecule has 2 fully saturated rings. The topological polar surface area (TPSA) is 75.9 Å². The first-order chi connectivity index (χ1) is 15.8. The monoisotopic (exact) mass is 485 g/mol. The molecule has 0 radical (unpaired) electrons. The maximum absolute atomic E-state index is 13.1. The molecule has 2 aromatic rings. The van der Waals surface area contributed by atoms with Gasteiger partial charge in [-0.2, -0.15) is 0 Å². The SMILES string of the molecule is CN1C(=S)N(C2CCCCC2)C(=O)/C1=C/c1ccc(OCc2ccc([N+](=O)[O-])cc2)c(Cl)c1. The van der Waals surface area contributed by atoms with Crippen LogP contribution in [0.3, 0.4) is 0 Å². The molecule has 33 heavy (non-hydrogen) atoms. The van der Waals surface area contributed by atoms with E-state index in [1.165, 1.54) is 18.6 Å². The van der Waals surface area contributed by atoms with E-state index >= 15 is 0 Å². The third-order valence-corrected chi connectivity index (χ3v) is 6.80. The molecule has 0 aromatic heterocycles. The molecule has 1 aliphatic carbocycles. The summed E-state index contributed by atoms with van der Waals surface area (Å²) in [6, 6.07) is 11.7. The Hall–Kier alpha value is -2.97. The number of rotatable bonds is 6. The second-order valence-electron chi connectivity index (χ2n) is 8.24. The van der Waals surface area contributed by atoms with E-state index in [1.54, 1.807) is 40.1 Å². The molecule has 4 rings (SSSR count). The summed E-state index contributed by atoms with van der Waals surface area (Å²) in [5.41, 5.74) is 2.12. The maximum Gasteiger partial charge on any atom is 0.277 e. The lowest BCUT2D eigenvalue weighted by Crippen LogP contribution is -2.41. The lowest BCUT2D eigenvalue weighted by Gasteiger charge is -2.30. The average molecular weight is 486 g/mol. The number of carbonyl (C=O) groups is 1. The van der Waals surface area contributed by atoms with E-state index in [1.807, 2.05) is 13.1 Å². The third kappa shape index (κ3) is 5.02. The van der Waals surface area contributed by atoms with Gasteiger partial charge < -0.3 is 9.64 Å². The first-order valence-corrected chi connectivity index (χ1v) is 11.6. The first kappa shape index (κ1) is 23.2. The number of amides is 1. The highest BCUT2D eigenvalue weighted by Gasteiger charge is 2.40. The van der Waals surface area contributed by atoms with Crippen LogP contribution in [-0.2, 0) is 11.4 Å². The van der Waals surface area contributed by atoms with E-state index in [4.69, 9.17) is 28.6 Å². The highest BCUT2D eigenvalue weighted by molar-refractivity contribution is 7.80. The molecule has 9 heteroatoms. The number of nitro benzene ring substituents is 1. The van der Waals surface area contributed by atoms with Crippen molar-refractivity contribution >= 4 is 46.6 Å². The fourth-order valence-electron chi connectivity index (χ4n) is 4.19. The van der Waals surface area contributed by atoms with E-state index in [0.717, 1.165) is 36.8 Å².